The molecule has 6 nitrogen and oxygen atoms in total. The second-order valence-electron chi connectivity index (χ2n) is 8.87. The first-order valence-electron chi connectivity index (χ1n) is 10.7. The maximum absolute atomic E-state index is 13.6. The van der Waals surface area contributed by atoms with E-state index in [0.717, 1.165) is 29.1 Å². The number of para-hydroxylation sites is 1. The SMILES string of the molecule is CN1C(CCC(C)(F)F)CN(c2ccccc2)c2nc(SC3CC(F)(F)C3)c(O)cc2S1(=O)=O. The average Bonchev–Trinajstić information content (AvgIpc) is 2.80. The molecule has 1 aromatic heterocycles. The van der Waals surface area contributed by atoms with Gasteiger partial charge in [0.05, 0.1) is 0 Å². The summed E-state index contributed by atoms with van der Waals surface area (Å²) in [4.78, 5) is 5.76. The summed E-state index contributed by atoms with van der Waals surface area (Å²) in [6.07, 6.45) is -1.31. The summed E-state index contributed by atoms with van der Waals surface area (Å²) in [5.74, 6) is -6.13. The molecular weight excluding hydrogens is 494 g/mol. The number of hydrogen-bond donors (Lipinski definition) is 1. The highest BCUT2D eigenvalue weighted by atomic mass is 32.2. The molecule has 4 rings (SSSR count). The number of sulfonamides is 1. The van der Waals surface area contributed by atoms with Gasteiger partial charge in [-0.25, -0.2) is 31.0 Å². The molecule has 1 N–H and O–H groups in total. The summed E-state index contributed by atoms with van der Waals surface area (Å²) in [6, 6.07) is 9.03. The van der Waals surface area contributed by atoms with Gasteiger partial charge in [0, 0.05) is 55.9 Å². The van der Waals surface area contributed by atoms with Gasteiger partial charge < -0.3 is 10.0 Å². The number of nitrogens with zero attached hydrogens (tertiary/aromatic N) is 3. The van der Waals surface area contributed by atoms with E-state index in [-0.39, 0.29) is 41.5 Å². The van der Waals surface area contributed by atoms with Crippen LogP contribution in [0.5, 0.6) is 5.75 Å². The van der Waals surface area contributed by atoms with Crippen molar-refractivity contribution in [2.24, 2.45) is 0 Å². The van der Waals surface area contributed by atoms with Crippen LogP contribution in [0.4, 0.5) is 29.1 Å². The molecule has 0 saturated heterocycles. The van der Waals surface area contributed by atoms with Crippen LogP contribution in [-0.2, 0) is 10.0 Å². The zero-order chi connectivity index (χ0) is 24.9. The first-order valence-corrected chi connectivity index (χ1v) is 13.1. The molecule has 2 heterocycles. The Labute approximate surface area is 200 Å². The van der Waals surface area contributed by atoms with Crippen LogP contribution in [0.2, 0.25) is 0 Å². The zero-order valence-electron chi connectivity index (χ0n) is 18.6. The number of pyridine rings is 1. The van der Waals surface area contributed by atoms with Gasteiger partial charge in [0.15, 0.2) is 5.82 Å². The molecule has 2 aromatic rings. The van der Waals surface area contributed by atoms with Gasteiger partial charge in [-0.2, -0.15) is 4.31 Å². The maximum Gasteiger partial charge on any atom is 0.250 e. The summed E-state index contributed by atoms with van der Waals surface area (Å²) in [7, 11) is -2.88. The van der Waals surface area contributed by atoms with Gasteiger partial charge in [-0.05, 0) is 25.5 Å². The van der Waals surface area contributed by atoms with Crippen LogP contribution >= 0.6 is 11.8 Å². The Kier molecular flexibility index (Phi) is 6.54. The maximum atomic E-state index is 13.6. The van der Waals surface area contributed by atoms with E-state index in [1.165, 1.54) is 7.05 Å². The molecule has 12 heteroatoms. The molecule has 0 radical (unpaired) electrons. The second kappa shape index (κ2) is 8.87. The number of fused-ring (bicyclic) bond motifs is 1. The summed E-state index contributed by atoms with van der Waals surface area (Å²) in [5.41, 5.74) is 0.590. The highest BCUT2D eigenvalue weighted by Gasteiger charge is 2.46. The van der Waals surface area contributed by atoms with Gasteiger partial charge in [0.2, 0.25) is 21.9 Å². The number of anilines is 2. The monoisotopic (exact) mass is 519 g/mol. The molecule has 0 bridgehead atoms. The van der Waals surface area contributed by atoms with Crippen molar-refractivity contribution in [3.8, 4) is 5.75 Å². The van der Waals surface area contributed by atoms with Crippen LogP contribution in [0.1, 0.15) is 32.6 Å². The first kappa shape index (κ1) is 25.1. The number of hydrogen-bond acceptors (Lipinski definition) is 6. The van der Waals surface area contributed by atoms with Crippen molar-refractivity contribution in [1.82, 2.24) is 9.29 Å². The first-order chi connectivity index (χ1) is 15.8. The van der Waals surface area contributed by atoms with Crippen LogP contribution < -0.4 is 4.90 Å². The number of likely N-dealkylation sites (N-methyl/N-ethyl adjacent to an activating group) is 1. The standard InChI is InChI=1S/C22H25F4N3O3S2/c1-21(23,24)9-8-15-13-29(14-6-4-3-5-7-14)19-18(34(31,32)28(15)2)10-17(30)20(27-19)33-16-11-22(25,26)12-16/h3-7,10,15-16,30H,8-9,11-13H2,1-2H3. The van der Waals surface area contributed by atoms with E-state index in [1.807, 2.05) is 0 Å². The van der Waals surface area contributed by atoms with E-state index >= 15 is 0 Å². The van der Waals surface area contributed by atoms with Gasteiger partial charge in [-0.1, -0.05) is 30.0 Å². The van der Waals surface area contributed by atoms with E-state index in [9.17, 15) is 31.1 Å². The Morgan fingerprint density at radius 1 is 1.24 bits per heavy atom. The van der Waals surface area contributed by atoms with Crippen molar-refractivity contribution in [2.45, 2.75) is 65.7 Å². The predicted octanol–water partition coefficient (Wildman–Crippen LogP) is 5.25. The predicted molar refractivity (Wildman–Crippen MR) is 122 cm³/mol. The Hall–Kier alpha value is -2.05. The summed E-state index contributed by atoms with van der Waals surface area (Å²) >= 11 is 0.976. The quantitative estimate of drug-likeness (QED) is 0.526. The third kappa shape index (κ3) is 5.13. The van der Waals surface area contributed by atoms with Crippen molar-refractivity contribution in [1.29, 1.82) is 0 Å². The lowest BCUT2D eigenvalue weighted by molar-refractivity contribution is -0.0667. The molecular formula is C22H25F4N3O3S2. The molecule has 1 aromatic carbocycles. The van der Waals surface area contributed by atoms with Crippen molar-refractivity contribution < 1.29 is 31.1 Å². The normalized spacial score (nSPS) is 22.6. The van der Waals surface area contributed by atoms with Crippen LogP contribution in [0, 0.1) is 0 Å². The topological polar surface area (TPSA) is 73.7 Å². The van der Waals surface area contributed by atoms with Crippen molar-refractivity contribution in [3.05, 3.63) is 36.4 Å². The fourth-order valence-corrected chi connectivity index (χ4v) is 6.88. The lowest BCUT2D eigenvalue weighted by atomic mass is 9.94. The molecule has 1 saturated carbocycles. The average molecular weight is 520 g/mol. The molecule has 1 atom stereocenters. The second-order valence-corrected chi connectivity index (χ2v) is 12.1. The minimum atomic E-state index is -4.20. The number of thioether (sulfide) groups is 1. The smallest absolute Gasteiger partial charge is 0.250 e. The number of benzene rings is 1. The Morgan fingerprint density at radius 2 is 1.88 bits per heavy atom. The van der Waals surface area contributed by atoms with Gasteiger partial charge in [-0.3, -0.25) is 0 Å². The largest absolute Gasteiger partial charge is 0.505 e. The van der Waals surface area contributed by atoms with Crippen LogP contribution in [0.15, 0.2) is 46.3 Å². The fraction of sp³-hybridized carbons (Fsp3) is 0.500. The number of aromatic hydroxyl groups is 1. The van der Waals surface area contributed by atoms with Gasteiger partial charge >= 0.3 is 0 Å². The number of rotatable bonds is 6. The summed E-state index contributed by atoms with van der Waals surface area (Å²) in [5, 5.41) is 10.1. The third-order valence-corrected chi connectivity index (χ3v) is 9.15. The summed E-state index contributed by atoms with van der Waals surface area (Å²) < 4.78 is 81.7. The molecule has 1 unspecified atom stereocenters. The number of aromatic nitrogens is 1. The zero-order valence-corrected chi connectivity index (χ0v) is 20.2. The van der Waals surface area contributed by atoms with E-state index < -0.39 is 45.3 Å². The molecule has 34 heavy (non-hydrogen) atoms. The van der Waals surface area contributed by atoms with E-state index in [0.29, 0.717) is 5.69 Å². The Balaban J connectivity index is 1.78. The molecule has 2 aliphatic rings. The lowest BCUT2D eigenvalue weighted by Gasteiger charge is -2.34. The highest BCUT2D eigenvalue weighted by Crippen LogP contribution is 2.49. The van der Waals surface area contributed by atoms with Crippen LogP contribution in [0.3, 0.4) is 0 Å². The third-order valence-electron chi connectivity index (χ3n) is 6.05. The molecule has 0 spiro atoms. The fourth-order valence-electron chi connectivity index (χ4n) is 4.07. The van der Waals surface area contributed by atoms with Crippen molar-refractivity contribution in [2.75, 3.05) is 18.5 Å². The molecule has 1 aliphatic carbocycles. The Bertz CT molecular complexity index is 1150. The van der Waals surface area contributed by atoms with E-state index in [4.69, 9.17) is 0 Å². The van der Waals surface area contributed by atoms with Crippen LogP contribution in [0.25, 0.3) is 0 Å². The highest BCUT2D eigenvalue weighted by molar-refractivity contribution is 8.00. The number of alkyl halides is 4. The van der Waals surface area contributed by atoms with Crippen molar-refractivity contribution in [3.63, 3.8) is 0 Å². The minimum Gasteiger partial charge on any atom is -0.505 e. The van der Waals surface area contributed by atoms with E-state index in [1.54, 1.807) is 35.2 Å². The Morgan fingerprint density at radius 3 is 2.47 bits per heavy atom. The van der Waals surface area contributed by atoms with Gasteiger partial charge in [0.1, 0.15) is 15.7 Å². The molecule has 1 fully saturated rings. The van der Waals surface area contributed by atoms with Gasteiger partial charge in [-0.15, -0.1) is 0 Å². The van der Waals surface area contributed by atoms with Gasteiger partial charge in [0.25, 0.3) is 0 Å². The van der Waals surface area contributed by atoms with Crippen LogP contribution in [-0.4, -0.2) is 59.5 Å². The van der Waals surface area contributed by atoms with Crippen molar-refractivity contribution >= 4 is 33.3 Å². The lowest BCUT2D eigenvalue weighted by Crippen LogP contribution is -2.41. The molecule has 186 valence electrons. The minimum absolute atomic E-state index is 0.0233. The molecule has 0 amide bonds. The number of halogens is 4. The summed E-state index contributed by atoms with van der Waals surface area (Å²) in [6.45, 7) is 0.835. The molecule has 1 aliphatic heterocycles. The van der Waals surface area contributed by atoms with E-state index in [2.05, 4.69) is 4.98 Å².